The number of amides is 1. The lowest BCUT2D eigenvalue weighted by Gasteiger charge is -2.20. The Labute approximate surface area is 172 Å². The molecule has 1 aliphatic rings. The summed E-state index contributed by atoms with van der Waals surface area (Å²) in [6.45, 7) is 0. The summed E-state index contributed by atoms with van der Waals surface area (Å²) in [5.41, 5.74) is 1.96. The van der Waals surface area contributed by atoms with Crippen LogP contribution in [0.25, 0.3) is 0 Å². The van der Waals surface area contributed by atoms with Crippen molar-refractivity contribution in [1.82, 2.24) is 14.9 Å². The maximum atomic E-state index is 13.5. The summed E-state index contributed by atoms with van der Waals surface area (Å²) in [6, 6.07) is 12.8. The summed E-state index contributed by atoms with van der Waals surface area (Å²) < 4.78 is 15.3. The summed E-state index contributed by atoms with van der Waals surface area (Å²) in [4.78, 5) is 22.6. The molecular formula is C21H18ClFN4O2. The molecule has 3 aromatic rings. The molecule has 0 saturated heterocycles. The molecule has 29 heavy (non-hydrogen) atoms. The van der Waals surface area contributed by atoms with E-state index in [1.54, 1.807) is 30.5 Å². The Kier molecular flexibility index (Phi) is 5.31. The molecule has 1 amide bonds. The summed E-state index contributed by atoms with van der Waals surface area (Å²) in [5, 5.41) is 7.56. The minimum Gasteiger partial charge on any atom is -0.382 e. The average Bonchev–Trinajstić information content (AvgIpc) is 3.36. The van der Waals surface area contributed by atoms with Crippen LogP contribution in [0.3, 0.4) is 0 Å². The molecule has 1 N–H and O–H groups in total. The van der Waals surface area contributed by atoms with Crippen LogP contribution >= 0.6 is 11.6 Å². The fraction of sp³-hybridized carbons (Fsp3) is 0.190. The summed E-state index contributed by atoms with van der Waals surface area (Å²) in [6.07, 6.45) is 2.93. The molecule has 1 aliphatic heterocycles. The second-order valence-corrected chi connectivity index (χ2v) is 7.17. The Morgan fingerprint density at radius 1 is 1.31 bits per heavy atom. The van der Waals surface area contributed by atoms with Gasteiger partial charge in [0.15, 0.2) is 0 Å². The largest absolute Gasteiger partial charge is 0.382 e. The summed E-state index contributed by atoms with van der Waals surface area (Å²) in [7, 11) is 1.86. The second-order valence-electron chi connectivity index (χ2n) is 6.74. The number of benzene rings is 2. The number of oxime groups is 1. The minimum absolute atomic E-state index is 0.253. The lowest BCUT2D eigenvalue weighted by Crippen LogP contribution is -2.38. The van der Waals surface area contributed by atoms with Crippen LogP contribution < -0.4 is 5.32 Å². The van der Waals surface area contributed by atoms with Gasteiger partial charge in [-0.25, -0.2) is 9.37 Å². The molecule has 0 spiro atoms. The van der Waals surface area contributed by atoms with Crippen LogP contribution in [0.5, 0.6) is 0 Å². The van der Waals surface area contributed by atoms with Crippen LogP contribution in [0.1, 0.15) is 29.4 Å². The molecule has 0 saturated carbocycles. The predicted molar refractivity (Wildman–Crippen MR) is 107 cm³/mol. The summed E-state index contributed by atoms with van der Waals surface area (Å²) in [5.74, 6) is -0.0243. The molecule has 2 atom stereocenters. The normalized spacial score (nSPS) is 16.8. The van der Waals surface area contributed by atoms with Crippen molar-refractivity contribution in [3.8, 4) is 0 Å². The van der Waals surface area contributed by atoms with Gasteiger partial charge in [0.05, 0.1) is 5.71 Å². The van der Waals surface area contributed by atoms with Crippen LogP contribution in [-0.4, -0.2) is 27.3 Å². The molecule has 148 valence electrons. The Bertz CT molecular complexity index is 1060. The first-order chi connectivity index (χ1) is 14.0. The Morgan fingerprint density at radius 3 is 2.79 bits per heavy atom. The number of hydrogen-bond acceptors (Lipinski definition) is 4. The van der Waals surface area contributed by atoms with Crippen LogP contribution in [-0.2, 0) is 16.7 Å². The molecule has 0 unspecified atom stereocenters. The van der Waals surface area contributed by atoms with Gasteiger partial charge in [0.25, 0.3) is 5.91 Å². The van der Waals surface area contributed by atoms with E-state index in [1.165, 1.54) is 12.1 Å². The van der Waals surface area contributed by atoms with Crippen molar-refractivity contribution in [2.45, 2.75) is 18.6 Å². The molecule has 4 rings (SSSR count). The fourth-order valence-electron chi connectivity index (χ4n) is 3.20. The monoisotopic (exact) mass is 412 g/mol. The second kappa shape index (κ2) is 8.05. The van der Waals surface area contributed by atoms with E-state index in [4.69, 9.17) is 16.4 Å². The van der Waals surface area contributed by atoms with Crippen LogP contribution in [0.15, 0.2) is 66.1 Å². The molecule has 8 heteroatoms. The minimum atomic E-state index is -0.802. The van der Waals surface area contributed by atoms with Gasteiger partial charge in [-0.1, -0.05) is 41.0 Å². The van der Waals surface area contributed by atoms with Gasteiger partial charge >= 0.3 is 0 Å². The lowest BCUT2D eigenvalue weighted by molar-refractivity contribution is -0.131. The maximum absolute atomic E-state index is 13.5. The zero-order chi connectivity index (χ0) is 20.4. The molecule has 6 nitrogen and oxygen atoms in total. The zero-order valence-electron chi connectivity index (χ0n) is 15.5. The molecule has 2 aromatic carbocycles. The van der Waals surface area contributed by atoms with Gasteiger partial charge in [-0.05, 0) is 29.8 Å². The lowest BCUT2D eigenvalue weighted by atomic mass is 10.0. The quantitative estimate of drug-likeness (QED) is 0.696. The predicted octanol–water partition coefficient (Wildman–Crippen LogP) is 3.61. The van der Waals surface area contributed by atoms with Gasteiger partial charge in [0, 0.05) is 36.4 Å². The van der Waals surface area contributed by atoms with Gasteiger partial charge in [0.1, 0.15) is 17.7 Å². The number of halogens is 2. The van der Waals surface area contributed by atoms with Gasteiger partial charge in [-0.2, -0.15) is 0 Å². The highest BCUT2D eigenvalue weighted by molar-refractivity contribution is 6.30. The number of rotatable bonds is 5. The Morgan fingerprint density at radius 2 is 2.10 bits per heavy atom. The van der Waals surface area contributed by atoms with E-state index in [0.29, 0.717) is 22.1 Å². The first-order valence-corrected chi connectivity index (χ1v) is 9.41. The van der Waals surface area contributed by atoms with Crippen molar-refractivity contribution >= 4 is 23.2 Å². The van der Waals surface area contributed by atoms with E-state index in [9.17, 15) is 9.18 Å². The van der Waals surface area contributed by atoms with Crippen molar-refractivity contribution in [3.63, 3.8) is 0 Å². The Hall–Kier alpha value is -3.19. The molecule has 0 aliphatic carbocycles. The molecule has 2 heterocycles. The highest BCUT2D eigenvalue weighted by atomic mass is 35.5. The molecular weight excluding hydrogens is 395 g/mol. The number of aryl methyl sites for hydroxylation is 1. The third-order valence-corrected chi connectivity index (χ3v) is 4.98. The smallest absolute Gasteiger partial charge is 0.265 e. The van der Waals surface area contributed by atoms with E-state index in [2.05, 4.69) is 15.5 Å². The van der Waals surface area contributed by atoms with Gasteiger partial charge < -0.3 is 14.7 Å². The van der Waals surface area contributed by atoms with E-state index >= 15 is 0 Å². The van der Waals surface area contributed by atoms with E-state index in [1.807, 2.05) is 29.9 Å². The third-order valence-electron chi connectivity index (χ3n) is 4.73. The van der Waals surface area contributed by atoms with Crippen LogP contribution in [0.2, 0.25) is 5.02 Å². The molecule has 0 radical (unpaired) electrons. The van der Waals surface area contributed by atoms with Crippen molar-refractivity contribution < 1.29 is 14.0 Å². The number of nitrogens with one attached hydrogen (secondary N) is 1. The van der Waals surface area contributed by atoms with Crippen molar-refractivity contribution in [2.24, 2.45) is 12.2 Å². The van der Waals surface area contributed by atoms with Gasteiger partial charge in [-0.3, -0.25) is 4.79 Å². The van der Waals surface area contributed by atoms with Crippen molar-refractivity contribution in [1.29, 1.82) is 0 Å². The number of aromatic nitrogens is 2. The van der Waals surface area contributed by atoms with E-state index in [0.717, 1.165) is 5.56 Å². The number of hydrogen-bond donors (Lipinski definition) is 1. The zero-order valence-corrected chi connectivity index (χ0v) is 16.3. The third kappa shape index (κ3) is 4.14. The highest BCUT2D eigenvalue weighted by Crippen LogP contribution is 2.24. The Balaban J connectivity index is 1.52. The standard InChI is InChI=1S/C21H18ClFN4O2/c1-27-10-9-24-20(27)19(13-5-7-15(22)8-6-13)25-21(28)18-12-17(26-29-18)14-3-2-4-16(23)11-14/h2-11,18-19H,12H2,1H3,(H,25,28)/t18-,19-/m0/s1. The molecule has 0 bridgehead atoms. The topological polar surface area (TPSA) is 68.5 Å². The molecule has 1 aromatic heterocycles. The van der Waals surface area contributed by atoms with Crippen LogP contribution in [0, 0.1) is 5.82 Å². The molecule has 0 fully saturated rings. The van der Waals surface area contributed by atoms with Gasteiger partial charge in [0.2, 0.25) is 6.10 Å². The summed E-state index contributed by atoms with van der Waals surface area (Å²) >= 11 is 6.00. The number of nitrogens with zero attached hydrogens (tertiary/aromatic N) is 3. The SMILES string of the molecule is Cn1ccnc1[C@@H](NC(=O)[C@@H]1CC(c2cccc(F)c2)=NO1)c1ccc(Cl)cc1. The first kappa shape index (κ1) is 19.1. The van der Waals surface area contributed by atoms with Crippen molar-refractivity contribution in [3.05, 3.63) is 88.7 Å². The number of carbonyl (C=O) groups is 1. The fourth-order valence-corrected chi connectivity index (χ4v) is 3.33. The van der Waals surface area contributed by atoms with Crippen LogP contribution in [0.4, 0.5) is 4.39 Å². The first-order valence-electron chi connectivity index (χ1n) is 9.03. The maximum Gasteiger partial charge on any atom is 0.265 e. The number of carbonyl (C=O) groups excluding carboxylic acids is 1. The average molecular weight is 413 g/mol. The van der Waals surface area contributed by atoms with E-state index in [-0.39, 0.29) is 18.1 Å². The van der Waals surface area contributed by atoms with E-state index < -0.39 is 12.1 Å². The van der Waals surface area contributed by atoms with Crippen molar-refractivity contribution in [2.75, 3.05) is 0 Å². The van der Waals surface area contributed by atoms with Gasteiger partial charge in [-0.15, -0.1) is 0 Å². The highest BCUT2D eigenvalue weighted by Gasteiger charge is 2.32. The number of imidazole rings is 1.